The number of benzene rings is 1. The molecule has 0 aliphatic heterocycles. The van der Waals surface area contributed by atoms with Gasteiger partial charge in [-0.05, 0) is 39.0 Å². The lowest BCUT2D eigenvalue weighted by atomic mass is 10.2. The number of hydrogen-bond donors (Lipinski definition) is 1. The minimum Gasteiger partial charge on any atom is -0.494 e. The Hall–Kier alpha value is -1.60. The monoisotopic (exact) mass is 287 g/mol. The van der Waals surface area contributed by atoms with Crippen LogP contribution >= 0.6 is 0 Å². The molecular weight excluding hydrogens is 270 g/mol. The van der Waals surface area contributed by atoms with Crippen molar-refractivity contribution < 1.29 is 22.7 Å². The van der Waals surface area contributed by atoms with E-state index in [1.165, 1.54) is 18.2 Å². The molecule has 0 saturated carbocycles. The Morgan fingerprint density at radius 3 is 2.47 bits per heavy atom. The number of sulfonamides is 1. The smallest absolute Gasteiger partial charge is 0.339 e. The number of primary sulfonamides is 1. The van der Waals surface area contributed by atoms with E-state index in [0.717, 1.165) is 0 Å². The highest BCUT2D eigenvalue weighted by atomic mass is 32.2. The van der Waals surface area contributed by atoms with Crippen LogP contribution < -0.4 is 9.88 Å². The number of esters is 1. The summed E-state index contributed by atoms with van der Waals surface area (Å²) in [6, 6.07) is 3.99. The molecule has 0 spiro atoms. The number of carbonyl (C=O) groups is 1. The van der Waals surface area contributed by atoms with E-state index in [1.54, 1.807) is 20.8 Å². The second-order valence-corrected chi connectivity index (χ2v) is 5.62. The Kier molecular flexibility index (Phi) is 4.90. The number of ether oxygens (including phenoxy) is 2. The third-order valence-corrected chi connectivity index (χ3v) is 3.10. The fourth-order valence-electron chi connectivity index (χ4n) is 1.45. The highest BCUT2D eigenvalue weighted by Gasteiger charge is 2.22. The third-order valence-electron chi connectivity index (χ3n) is 2.13. The number of rotatable bonds is 5. The van der Waals surface area contributed by atoms with E-state index in [0.29, 0.717) is 12.4 Å². The molecule has 7 heteroatoms. The van der Waals surface area contributed by atoms with Crippen molar-refractivity contribution in [2.75, 3.05) is 6.61 Å². The SMILES string of the molecule is CCOc1ccc(S(N)(=O)=O)c(C(=O)OC(C)C)c1. The summed E-state index contributed by atoms with van der Waals surface area (Å²) in [6.07, 6.45) is -0.364. The molecule has 19 heavy (non-hydrogen) atoms. The molecular formula is C12H17NO5S. The number of nitrogens with two attached hydrogens (primary N) is 1. The maximum atomic E-state index is 11.9. The number of hydrogen-bond acceptors (Lipinski definition) is 5. The van der Waals surface area contributed by atoms with Crippen LogP contribution in [0.1, 0.15) is 31.1 Å². The molecule has 0 bridgehead atoms. The molecule has 0 aliphatic carbocycles. The minimum atomic E-state index is -4.00. The average molecular weight is 287 g/mol. The van der Waals surface area contributed by atoms with E-state index >= 15 is 0 Å². The Morgan fingerprint density at radius 2 is 2.00 bits per heavy atom. The summed E-state index contributed by atoms with van der Waals surface area (Å²) in [5.41, 5.74) is -0.123. The van der Waals surface area contributed by atoms with E-state index in [2.05, 4.69) is 0 Å². The van der Waals surface area contributed by atoms with Gasteiger partial charge in [0.05, 0.1) is 23.2 Å². The molecule has 0 aliphatic rings. The lowest BCUT2D eigenvalue weighted by molar-refractivity contribution is 0.0372. The van der Waals surface area contributed by atoms with Gasteiger partial charge in [0.1, 0.15) is 5.75 Å². The second kappa shape index (κ2) is 6.03. The van der Waals surface area contributed by atoms with Gasteiger partial charge in [-0.2, -0.15) is 0 Å². The molecule has 2 N–H and O–H groups in total. The second-order valence-electron chi connectivity index (χ2n) is 4.09. The predicted octanol–water partition coefficient (Wildman–Crippen LogP) is 1.30. The van der Waals surface area contributed by atoms with E-state index in [1.807, 2.05) is 0 Å². The van der Waals surface area contributed by atoms with Gasteiger partial charge >= 0.3 is 5.97 Å². The largest absolute Gasteiger partial charge is 0.494 e. The fourth-order valence-corrected chi connectivity index (χ4v) is 2.16. The van der Waals surface area contributed by atoms with Gasteiger partial charge in [-0.1, -0.05) is 0 Å². The maximum Gasteiger partial charge on any atom is 0.339 e. The predicted molar refractivity (Wildman–Crippen MR) is 69.5 cm³/mol. The van der Waals surface area contributed by atoms with Crippen molar-refractivity contribution in [1.29, 1.82) is 0 Å². The topological polar surface area (TPSA) is 95.7 Å². The molecule has 0 heterocycles. The van der Waals surface area contributed by atoms with Crippen LogP contribution in [0, 0.1) is 0 Å². The summed E-state index contributed by atoms with van der Waals surface area (Å²) >= 11 is 0. The van der Waals surface area contributed by atoms with Gasteiger partial charge in [0.2, 0.25) is 10.0 Å². The molecule has 0 fully saturated rings. The summed E-state index contributed by atoms with van der Waals surface area (Å²) in [7, 11) is -4.00. The highest BCUT2D eigenvalue weighted by Crippen LogP contribution is 2.22. The molecule has 0 amide bonds. The summed E-state index contributed by atoms with van der Waals surface area (Å²) < 4.78 is 33.1. The summed E-state index contributed by atoms with van der Waals surface area (Å²) in [6.45, 7) is 5.51. The molecule has 1 aromatic carbocycles. The zero-order valence-electron chi connectivity index (χ0n) is 11.0. The van der Waals surface area contributed by atoms with Gasteiger partial charge in [0.25, 0.3) is 0 Å². The lowest BCUT2D eigenvalue weighted by Gasteiger charge is -2.12. The quantitative estimate of drug-likeness (QED) is 0.823. The first kappa shape index (κ1) is 15.5. The molecule has 0 atom stereocenters. The van der Waals surface area contributed by atoms with Gasteiger partial charge in [-0.3, -0.25) is 0 Å². The van der Waals surface area contributed by atoms with Crippen molar-refractivity contribution in [1.82, 2.24) is 0 Å². The molecule has 106 valence electrons. The van der Waals surface area contributed by atoms with Crippen molar-refractivity contribution >= 4 is 16.0 Å². The Balaban J connectivity index is 3.30. The minimum absolute atomic E-state index is 0.123. The first-order valence-electron chi connectivity index (χ1n) is 5.76. The molecule has 1 aromatic rings. The Morgan fingerprint density at radius 1 is 1.37 bits per heavy atom. The van der Waals surface area contributed by atoms with Gasteiger partial charge < -0.3 is 9.47 Å². The summed E-state index contributed by atoms with van der Waals surface area (Å²) in [4.78, 5) is 11.6. The zero-order chi connectivity index (χ0) is 14.6. The molecule has 6 nitrogen and oxygen atoms in total. The Bertz CT molecular complexity index is 565. The van der Waals surface area contributed by atoms with Crippen LogP contribution in [0.4, 0.5) is 0 Å². The van der Waals surface area contributed by atoms with Crippen LogP contribution in [-0.4, -0.2) is 27.1 Å². The van der Waals surface area contributed by atoms with Gasteiger partial charge in [-0.25, -0.2) is 18.4 Å². The van der Waals surface area contributed by atoms with Gasteiger partial charge in [-0.15, -0.1) is 0 Å². The van der Waals surface area contributed by atoms with Crippen molar-refractivity contribution in [3.05, 3.63) is 23.8 Å². The first-order valence-corrected chi connectivity index (χ1v) is 7.31. The van der Waals surface area contributed by atoms with Crippen LogP contribution in [0.5, 0.6) is 5.75 Å². The van der Waals surface area contributed by atoms with Crippen LogP contribution in [0.2, 0.25) is 0 Å². The van der Waals surface area contributed by atoms with E-state index in [4.69, 9.17) is 14.6 Å². The molecule has 0 aromatic heterocycles. The maximum absolute atomic E-state index is 11.9. The average Bonchev–Trinajstić information content (AvgIpc) is 2.27. The van der Waals surface area contributed by atoms with Crippen molar-refractivity contribution in [2.24, 2.45) is 5.14 Å². The van der Waals surface area contributed by atoms with Crippen LogP contribution in [0.15, 0.2) is 23.1 Å². The third kappa shape index (κ3) is 4.22. The van der Waals surface area contributed by atoms with E-state index < -0.39 is 16.0 Å². The van der Waals surface area contributed by atoms with Crippen molar-refractivity contribution in [2.45, 2.75) is 31.8 Å². The van der Waals surface area contributed by atoms with E-state index in [-0.39, 0.29) is 16.6 Å². The summed E-state index contributed by atoms with van der Waals surface area (Å²) in [5, 5.41) is 5.07. The van der Waals surface area contributed by atoms with Gasteiger partial charge in [0, 0.05) is 0 Å². The summed E-state index contributed by atoms with van der Waals surface area (Å²) in [5.74, 6) is -0.369. The first-order chi connectivity index (χ1) is 8.75. The number of carbonyl (C=O) groups excluding carboxylic acids is 1. The molecule has 0 unspecified atom stereocenters. The zero-order valence-corrected chi connectivity index (χ0v) is 11.9. The molecule has 0 saturated heterocycles. The van der Waals surface area contributed by atoms with Gasteiger partial charge in [0.15, 0.2) is 0 Å². The van der Waals surface area contributed by atoms with Crippen LogP contribution in [0.3, 0.4) is 0 Å². The molecule has 0 radical (unpaired) electrons. The fraction of sp³-hybridized carbons (Fsp3) is 0.417. The highest BCUT2D eigenvalue weighted by molar-refractivity contribution is 7.89. The van der Waals surface area contributed by atoms with E-state index in [9.17, 15) is 13.2 Å². The van der Waals surface area contributed by atoms with Crippen molar-refractivity contribution in [3.63, 3.8) is 0 Å². The van der Waals surface area contributed by atoms with Crippen LogP contribution in [-0.2, 0) is 14.8 Å². The Labute approximate surface area is 112 Å². The van der Waals surface area contributed by atoms with Crippen LogP contribution in [0.25, 0.3) is 0 Å². The van der Waals surface area contributed by atoms with Crippen molar-refractivity contribution in [3.8, 4) is 5.75 Å². The standard InChI is InChI=1S/C12H17NO5S/c1-4-17-9-5-6-11(19(13,15)16)10(7-9)12(14)18-8(2)3/h5-8H,4H2,1-3H3,(H2,13,15,16). The lowest BCUT2D eigenvalue weighted by Crippen LogP contribution is -2.19. The normalized spacial score (nSPS) is 11.4. The molecule has 1 rings (SSSR count).